The summed E-state index contributed by atoms with van der Waals surface area (Å²) in [6.45, 7) is 2.07. The Morgan fingerprint density at radius 1 is 0.545 bits per heavy atom. The van der Waals surface area contributed by atoms with E-state index >= 15 is 0 Å². The van der Waals surface area contributed by atoms with E-state index in [0.717, 1.165) is 45.2 Å². The van der Waals surface area contributed by atoms with Crippen molar-refractivity contribution in [3.63, 3.8) is 0 Å². The van der Waals surface area contributed by atoms with Crippen LogP contribution in [0.2, 0.25) is 0 Å². The molecule has 0 spiro atoms. The molecule has 5 heteroatoms. The van der Waals surface area contributed by atoms with Gasteiger partial charge in [-0.05, 0) is 72.1 Å². The van der Waals surface area contributed by atoms with Crippen LogP contribution < -0.4 is 4.90 Å². The maximum absolute atomic E-state index is 4.76. The van der Waals surface area contributed by atoms with E-state index in [9.17, 15) is 0 Å². The number of nitrogens with zero attached hydrogens (tertiary/aromatic N) is 5. The highest BCUT2D eigenvalue weighted by Gasteiger charge is 2.27. The van der Waals surface area contributed by atoms with Crippen LogP contribution in [0.4, 0.5) is 17.1 Å². The monoisotopic (exact) mass is 565 g/mol. The minimum Gasteiger partial charge on any atom is -0.309 e. The molecule has 0 fully saturated rings. The third-order valence-electron chi connectivity index (χ3n) is 8.64. The molecule has 5 nitrogen and oxygen atoms in total. The van der Waals surface area contributed by atoms with Gasteiger partial charge in [0.2, 0.25) is 0 Å². The van der Waals surface area contributed by atoms with Gasteiger partial charge in [-0.3, -0.25) is 4.57 Å². The number of rotatable bonds is 3. The van der Waals surface area contributed by atoms with Gasteiger partial charge in [0.05, 0.1) is 34.3 Å². The number of anilines is 3. The topological polar surface area (TPSA) is 38.9 Å². The van der Waals surface area contributed by atoms with Crippen LogP contribution in [0.3, 0.4) is 0 Å². The first-order chi connectivity index (χ1) is 21.7. The Morgan fingerprint density at radius 3 is 2.05 bits per heavy atom. The van der Waals surface area contributed by atoms with Gasteiger partial charge in [-0.2, -0.15) is 5.10 Å². The predicted octanol–water partition coefficient (Wildman–Crippen LogP) is 9.79. The van der Waals surface area contributed by atoms with E-state index in [1.165, 1.54) is 33.0 Å². The number of benzene rings is 5. The Balaban J connectivity index is 1.37. The second kappa shape index (κ2) is 9.54. The highest BCUT2D eigenvalue weighted by molar-refractivity contribution is 6.11. The summed E-state index contributed by atoms with van der Waals surface area (Å²) in [6, 6.07) is 45.6. The molecule has 1 aliphatic rings. The molecule has 0 unspecified atom stereocenters. The summed E-state index contributed by atoms with van der Waals surface area (Å²) in [7, 11) is 0. The predicted molar refractivity (Wildman–Crippen MR) is 180 cm³/mol. The van der Waals surface area contributed by atoms with Gasteiger partial charge in [0.15, 0.2) is 0 Å². The quantitative estimate of drug-likeness (QED) is 0.214. The first-order valence-electron chi connectivity index (χ1n) is 14.8. The lowest BCUT2D eigenvalue weighted by Gasteiger charge is -2.28. The SMILES string of the molecule is Cc1cnn(-c2ccc3c(c2)N(c2ccc4c5ccccc5n(-c5ccccn5)c4c2)c2ccccc2-c2ccccc2-3)c1. The number of para-hydroxylation sites is 2. The van der Waals surface area contributed by atoms with E-state index in [2.05, 4.69) is 143 Å². The Bertz CT molecular complexity index is 2360. The van der Waals surface area contributed by atoms with Gasteiger partial charge < -0.3 is 4.90 Å². The smallest absolute Gasteiger partial charge is 0.137 e. The van der Waals surface area contributed by atoms with Crippen molar-refractivity contribution in [1.82, 2.24) is 19.3 Å². The fraction of sp³-hybridized carbons (Fsp3) is 0.0256. The molecule has 0 amide bonds. The van der Waals surface area contributed by atoms with E-state index in [1.807, 2.05) is 29.2 Å². The lowest BCUT2D eigenvalue weighted by molar-refractivity contribution is 0.880. The van der Waals surface area contributed by atoms with E-state index in [0.29, 0.717) is 0 Å². The van der Waals surface area contributed by atoms with E-state index in [4.69, 9.17) is 4.98 Å². The average Bonchev–Trinajstić information content (AvgIpc) is 3.63. The molecular weight excluding hydrogens is 538 g/mol. The van der Waals surface area contributed by atoms with Crippen molar-refractivity contribution < 1.29 is 0 Å². The number of aromatic nitrogens is 4. The number of hydrogen-bond acceptors (Lipinski definition) is 3. The summed E-state index contributed by atoms with van der Waals surface area (Å²) in [5.41, 5.74) is 12.5. The molecule has 4 heterocycles. The fourth-order valence-corrected chi connectivity index (χ4v) is 6.72. The van der Waals surface area contributed by atoms with E-state index in [1.54, 1.807) is 0 Å². The standard InChI is InChI=1S/C39H27N5/c1-26-24-41-42(25-26)27-17-19-33-30-11-3-2-10-29(30)31-12-4-6-14-35(31)43(37(33)22-27)28-18-20-34-32-13-5-7-15-36(32)44(38(34)23-28)39-16-8-9-21-40-39/h2-25H,1H3. The van der Waals surface area contributed by atoms with Crippen molar-refractivity contribution in [2.45, 2.75) is 6.92 Å². The minimum absolute atomic E-state index is 0.899. The summed E-state index contributed by atoms with van der Waals surface area (Å²) in [5.74, 6) is 0.899. The number of aryl methyl sites for hydroxylation is 1. The van der Waals surface area contributed by atoms with Crippen LogP contribution in [-0.2, 0) is 0 Å². The van der Waals surface area contributed by atoms with Gasteiger partial charge in [-0.1, -0.05) is 78.9 Å². The molecule has 1 aliphatic heterocycles. The average molecular weight is 566 g/mol. The second-order valence-electron chi connectivity index (χ2n) is 11.3. The maximum atomic E-state index is 4.76. The molecular formula is C39H27N5. The van der Waals surface area contributed by atoms with Gasteiger partial charge in [0.25, 0.3) is 0 Å². The van der Waals surface area contributed by atoms with Gasteiger partial charge in [0, 0.05) is 40.0 Å². The first kappa shape index (κ1) is 24.6. The van der Waals surface area contributed by atoms with Crippen LogP contribution in [0.1, 0.15) is 5.56 Å². The van der Waals surface area contributed by atoms with Gasteiger partial charge >= 0.3 is 0 Å². The van der Waals surface area contributed by atoms with Crippen molar-refractivity contribution in [2.75, 3.05) is 4.90 Å². The minimum atomic E-state index is 0.899. The second-order valence-corrected chi connectivity index (χ2v) is 11.3. The first-order valence-corrected chi connectivity index (χ1v) is 14.8. The molecule has 0 N–H and O–H groups in total. The zero-order valence-corrected chi connectivity index (χ0v) is 24.1. The molecule has 0 aliphatic carbocycles. The summed E-state index contributed by atoms with van der Waals surface area (Å²) in [6.07, 6.45) is 5.83. The van der Waals surface area contributed by atoms with E-state index in [-0.39, 0.29) is 0 Å². The molecule has 44 heavy (non-hydrogen) atoms. The van der Waals surface area contributed by atoms with Crippen LogP contribution in [0, 0.1) is 6.92 Å². The van der Waals surface area contributed by atoms with Gasteiger partial charge in [-0.15, -0.1) is 0 Å². The molecule has 0 saturated heterocycles. The lowest BCUT2D eigenvalue weighted by Crippen LogP contribution is -2.12. The summed E-state index contributed by atoms with van der Waals surface area (Å²) in [4.78, 5) is 7.17. The molecule has 208 valence electrons. The fourth-order valence-electron chi connectivity index (χ4n) is 6.72. The summed E-state index contributed by atoms with van der Waals surface area (Å²) in [5, 5.41) is 7.05. The molecule has 3 aromatic heterocycles. The maximum Gasteiger partial charge on any atom is 0.137 e. The molecule has 0 bridgehead atoms. The van der Waals surface area contributed by atoms with E-state index < -0.39 is 0 Å². The van der Waals surface area contributed by atoms with Gasteiger partial charge in [0.1, 0.15) is 5.82 Å². The zero-order chi connectivity index (χ0) is 29.2. The summed E-state index contributed by atoms with van der Waals surface area (Å²) >= 11 is 0. The zero-order valence-electron chi connectivity index (χ0n) is 24.1. The molecule has 8 aromatic rings. The summed E-state index contributed by atoms with van der Waals surface area (Å²) < 4.78 is 4.23. The van der Waals surface area contributed by atoms with Crippen molar-refractivity contribution >= 4 is 38.9 Å². The van der Waals surface area contributed by atoms with Crippen LogP contribution in [0.25, 0.3) is 55.6 Å². The Hall–Kier alpha value is -5.94. The Kier molecular flexibility index (Phi) is 5.34. The van der Waals surface area contributed by atoms with Crippen molar-refractivity contribution in [3.8, 4) is 33.8 Å². The Morgan fingerprint density at radius 2 is 1.25 bits per heavy atom. The number of hydrogen-bond donors (Lipinski definition) is 0. The number of pyridine rings is 1. The van der Waals surface area contributed by atoms with Crippen LogP contribution in [0.15, 0.2) is 146 Å². The third-order valence-corrected chi connectivity index (χ3v) is 8.64. The van der Waals surface area contributed by atoms with Crippen LogP contribution in [0.5, 0.6) is 0 Å². The largest absolute Gasteiger partial charge is 0.309 e. The van der Waals surface area contributed by atoms with Crippen molar-refractivity contribution in [2.24, 2.45) is 0 Å². The van der Waals surface area contributed by atoms with Crippen molar-refractivity contribution in [1.29, 1.82) is 0 Å². The number of fused-ring (bicyclic) bond motifs is 8. The van der Waals surface area contributed by atoms with Crippen molar-refractivity contribution in [3.05, 3.63) is 152 Å². The highest BCUT2D eigenvalue weighted by atomic mass is 15.3. The molecule has 0 radical (unpaired) electrons. The molecule has 0 atom stereocenters. The highest BCUT2D eigenvalue weighted by Crippen LogP contribution is 2.51. The third kappa shape index (κ3) is 3.66. The normalized spacial score (nSPS) is 12.2. The van der Waals surface area contributed by atoms with Crippen LogP contribution >= 0.6 is 0 Å². The van der Waals surface area contributed by atoms with Gasteiger partial charge in [-0.25, -0.2) is 9.67 Å². The molecule has 9 rings (SSSR count). The molecule has 5 aromatic carbocycles. The lowest BCUT2D eigenvalue weighted by atomic mass is 9.94. The Labute approximate surface area is 254 Å². The van der Waals surface area contributed by atoms with Crippen LogP contribution in [-0.4, -0.2) is 19.3 Å². The molecule has 0 saturated carbocycles.